The first kappa shape index (κ1) is 21.0. The molecular weight excluding hydrogens is 397 g/mol. The maximum absolute atomic E-state index is 15.1. The molecule has 0 amide bonds. The van der Waals surface area contributed by atoms with Crippen molar-refractivity contribution >= 4 is 32.6 Å². The summed E-state index contributed by atoms with van der Waals surface area (Å²) >= 11 is 6.25. The molecule has 26 heavy (non-hydrogen) atoms. The van der Waals surface area contributed by atoms with Gasteiger partial charge in [0.1, 0.15) is 16.8 Å². The highest BCUT2D eigenvalue weighted by Crippen LogP contribution is 2.36. The van der Waals surface area contributed by atoms with Gasteiger partial charge in [0.15, 0.2) is 0 Å². The molecule has 1 atom stereocenters. The first-order valence-corrected chi connectivity index (χ1v) is 11.1. The van der Waals surface area contributed by atoms with Crippen molar-refractivity contribution in [1.82, 2.24) is 3.71 Å². The Kier molecular flexibility index (Phi) is 5.97. The summed E-state index contributed by atoms with van der Waals surface area (Å²) in [6, 6.07) is 9.47. The van der Waals surface area contributed by atoms with Crippen LogP contribution in [0.1, 0.15) is 26.3 Å². The third-order valence-corrected chi connectivity index (χ3v) is 7.54. The average molecular weight is 418 g/mol. The van der Waals surface area contributed by atoms with Crippen molar-refractivity contribution in [2.24, 2.45) is 0 Å². The lowest BCUT2D eigenvalue weighted by molar-refractivity contribution is 0.525. The van der Waals surface area contributed by atoms with Crippen molar-refractivity contribution in [2.45, 2.75) is 31.1 Å². The predicted octanol–water partition coefficient (Wildman–Crippen LogP) is 4.36. The van der Waals surface area contributed by atoms with Crippen molar-refractivity contribution in [1.29, 1.82) is 0 Å². The van der Waals surface area contributed by atoms with E-state index in [1.165, 1.54) is 25.2 Å². The molecule has 0 N–H and O–H groups in total. The number of halogens is 2. The van der Waals surface area contributed by atoms with Crippen LogP contribution in [0.4, 0.5) is 4.39 Å². The van der Waals surface area contributed by atoms with E-state index >= 15 is 4.39 Å². The van der Waals surface area contributed by atoms with Crippen LogP contribution in [0.15, 0.2) is 41.3 Å². The zero-order valence-electron chi connectivity index (χ0n) is 15.2. The van der Waals surface area contributed by atoms with Gasteiger partial charge in [-0.2, -0.15) is 0 Å². The van der Waals surface area contributed by atoms with Crippen LogP contribution >= 0.6 is 11.6 Å². The van der Waals surface area contributed by atoms with E-state index in [0.717, 1.165) is 9.97 Å². The molecule has 1 unspecified atom stereocenters. The van der Waals surface area contributed by atoms with Crippen LogP contribution in [0.5, 0.6) is 0 Å². The molecule has 142 valence electrons. The Balaban J connectivity index is 2.62. The van der Waals surface area contributed by atoms with Crippen LogP contribution in [-0.4, -0.2) is 29.6 Å². The zero-order chi connectivity index (χ0) is 19.9. The van der Waals surface area contributed by atoms with Crippen molar-refractivity contribution in [2.75, 3.05) is 13.3 Å². The molecule has 2 aromatic carbocycles. The summed E-state index contributed by atoms with van der Waals surface area (Å²) < 4.78 is 51.6. The molecule has 0 aromatic heterocycles. The van der Waals surface area contributed by atoms with Crippen molar-refractivity contribution in [3.63, 3.8) is 0 Å². The molecule has 0 aliphatic rings. The molecule has 0 bridgehead atoms. The SMILES string of the molecule is CN(S(=O)c1ccc(Cl)c(-c2cccc(C(C)(C)C)c2F)c1)S(C)(=O)=O. The Hall–Kier alpha value is -1.28. The molecule has 2 rings (SSSR count). The van der Waals surface area contributed by atoms with Crippen molar-refractivity contribution in [3.8, 4) is 11.1 Å². The summed E-state index contributed by atoms with van der Waals surface area (Å²) in [5.41, 5.74) is 0.779. The number of hydrogen-bond acceptors (Lipinski definition) is 3. The molecule has 0 aliphatic heterocycles. The van der Waals surface area contributed by atoms with E-state index in [1.54, 1.807) is 18.2 Å². The molecule has 8 heteroatoms. The Bertz CT molecular complexity index is 969. The van der Waals surface area contributed by atoms with Gasteiger partial charge >= 0.3 is 0 Å². The van der Waals surface area contributed by atoms with Gasteiger partial charge in [-0.3, -0.25) is 0 Å². The second-order valence-corrected chi connectivity index (χ2v) is 11.2. The highest BCUT2D eigenvalue weighted by molar-refractivity contribution is 8.00. The fraction of sp³-hybridized carbons (Fsp3) is 0.333. The maximum atomic E-state index is 15.1. The van der Waals surface area contributed by atoms with Gasteiger partial charge < -0.3 is 0 Å². The fourth-order valence-corrected chi connectivity index (χ4v) is 4.57. The molecule has 0 radical (unpaired) electrons. The Labute approximate surface area is 161 Å². The van der Waals surface area contributed by atoms with Gasteiger partial charge in [0.2, 0.25) is 10.0 Å². The Morgan fingerprint density at radius 3 is 2.27 bits per heavy atom. The monoisotopic (exact) mass is 417 g/mol. The second kappa shape index (κ2) is 7.38. The summed E-state index contributed by atoms with van der Waals surface area (Å²) in [7, 11) is -4.38. The maximum Gasteiger partial charge on any atom is 0.222 e. The molecule has 0 saturated heterocycles. The number of rotatable bonds is 4. The normalized spacial score (nSPS) is 13.8. The third-order valence-electron chi connectivity index (χ3n) is 3.94. The molecule has 0 heterocycles. The topological polar surface area (TPSA) is 54.5 Å². The van der Waals surface area contributed by atoms with Gasteiger partial charge in [0, 0.05) is 23.2 Å². The Morgan fingerprint density at radius 1 is 1.12 bits per heavy atom. The highest BCUT2D eigenvalue weighted by atomic mass is 35.5. The van der Waals surface area contributed by atoms with E-state index in [0.29, 0.717) is 11.1 Å². The average Bonchev–Trinajstić information content (AvgIpc) is 2.52. The largest absolute Gasteiger partial charge is 0.236 e. The van der Waals surface area contributed by atoms with Crippen LogP contribution in [0, 0.1) is 5.82 Å². The standard InChI is InChI=1S/C18H21ClFNO3S2/c1-18(2,3)15-8-6-7-13(17(15)20)14-11-12(9-10-16(14)19)25(22)21(4)26(5,23)24/h6-11H,1-5H3. The smallest absolute Gasteiger partial charge is 0.222 e. The molecule has 0 fully saturated rings. The van der Waals surface area contributed by atoms with E-state index in [9.17, 15) is 12.6 Å². The van der Waals surface area contributed by atoms with Crippen LogP contribution in [0.2, 0.25) is 5.02 Å². The van der Waals surface area contributed by atoms with Gasteiger partial charge in [0.25, 0.3) is 0 Å². The molecule has 0 spiro atoms. The molecule has 0 aliphatic carbocycles. The van der Waals surface area contributed by atoms with Gasteiger partial charge in [-0.05, 0) is 29.2 Å². The quantitative estimate of drug-likeness (QED) is 0.742. The first-order valence-electron chi connectivity index (χ1n) is 7.78. The summed E-state index contributed by atoms with van der Waals surface area (Å²) in [4.78, 5) is 0.220. The molecular formula is C18H21ClFNO3S2. The van der Waals surface area contributed by atoms with E-state index in [1.807, 2.05) is 20.8 Å². The summed E-state index contributed by atoms with van der Waals surface area (Å²) in [5.74, 6) is -0.402. The lowest BCUT2D eigenvalue weighted by atomic mass is 9.85. The van der Waals surface area contributed by atoms with E-state index < -0.39 is 32.2 Å². The molecule has 0 saturated carbocycles. The Morgan fingerprint density at radius 2 is 1.73 bits per heavy atom. The van der Waals surface area contributed by atoms with Gasteiger partial charge in [0.05, 0.1) is 11.2 Å². The minimum atomic E-state index is -3.65. The number of benzene rings is 2. The third kappa shape index (κ3) is 4.34. The summed E-state index contributed by atoms with van der Waals surface area (Å²) in [6.07, 6.45) is 0.966. The minimum Gasteiger partial charge on any atom is -0.236 e. The van der Waals surface area contributed by atoms with E-state index in [-0.39, 0.29) is 15.5 Å². The van der Waals surface area contributed by atoms with Crippen molar-refractivity contribution < 1.29 is 17.0 Å². The van der Waals surface area contributed by atoms with Crippen molar-refractivity contribution in [3.05, 3.63) is 52.8 Å². The van der Waals surface area contributed by atoms with E-state index in [2.05, 4.69) is 0 Å². The number of hydrogen-bond donors (Lipinski definition) is 0. The minimum absolute atomic E-state index is 0.220. The van der Waals surface area contributed by atoms with Crippen LogP contribution in [0.3, 0.4) is 0 Å². The first-order chi connectivity index (χ1) is 11.8. The van der Waals surface area contributed by atoms with Crippen LogP contribution < -0.4 is 0 Å². The van der Waals surface area contributed by atoms with Crippen LogP contribution in [0.25, 0.3) is 11.1 Å². The fourth-order valence-electron chi connectivity index (χ4n) is 2.41. The second-order valence-electron chi connectivity index (χ2n) is 6.98. The zero-order valence-corrected chi connectivity index (χ0v) is 17.6. The lowest BCUT2D eigenvalue weighted by Gasteiger charge is -2.21. The predicted molar refractivity (Wildman–Crippen MR) is 105 cm³/mol. The number of sulfonamides is 1. The molecule has 2 aromatic rings. The molecule has 4 nitrogen and oxygen atoms in total. The number of nitrogens with zero attached hydrogens (tertiary/aromatic N) is 1. The van der Waals surface area contributed by atoms with Gasteiger partial charge in [-0.25, -0.2) is 17.0 Å². The lowest BCUT2D eigenvalue weighted by Crippen LogP contribution is -2.27. The van der Waals surface area contributed by atoms with Crippen LogP contribution in [-0.2, 0) is 26.4 Å². The summed E-state index contributed by atoms with van der Waals surface area (Å²) in [5, 5.41) is 0.290. The van der Waals surface area contributed by atoms with Gasteiger partial charge in [-0.15, -0.1) is 3.71 Å². The van der Waals surface area contributed by atoms with E-state index in [4.69, 9.17) is 11.6 Å². The highest BCUT2D eigenvalue weighted by Gasteiger charge is 2.24. The summed E-state index contributed by atoms with van der Waals surface area (Å²) in [6.45, 7) is 5.72. The van der Waals surface area contributed by atoms with Gasteiger partial charge in [-0.1, -0.05) is 50.6 Å².